The van der Waals surface area contributed by atoms with E-state index < -0.39 is 17.2 Å². The lowest BCUT2D eigenvalue weighted by Gasteiger charge is -2.03. The van der Waals surface area contributed by atoms with Crippen LogP contribution in [0.4, 0.5) is 0 Å². The molecule has 6 heteroatoms. The first-order valence-electron chi connectivity index (χ1n) is 4.82. The Morgan fingerprint density at radius 1 is 1.28 bits per heavy atom. The number of benzene rings is 1. The molecule has 0 unspecified atom stereocenters. The minimum absolute atomic E-state index is 0.104. The Balaban J connectivity index is 2.62. The molecule has 92 valence electrons. The summed E-state index contributed by atoms with van der Waals surface area (Å²) < 4.78 is 5.08. The third-order valence-corrected chi connectivity index (χ3v) is 3.22. The van der Waals surface area contributed by atoms with Crippen LogP contribution < -0.4 is 5.43 Å². The molecule has 0 aliphatic heterocycles. The van der Waals surface area contributed by atoms with Gasteiger partial charge in [0.25, 0.3) is 0 Å². The van der Waals surface area contributed by atoms with Gasteiger partial charge in [0.2, 0.25) is 11.2 Å². The van der Waals surface area contributed by atoms with Gasteiger partial charge in [-0.25, -0.2) is 4.79 Å². The second-order valence-electron chi connectivity index (χ2n) is 3.43. The largest absolute Gasteiger partial charge is 0.475 e. The second kappa shape index (κ2) is 4.96. The van der Waals surface area contributed by atoms with E-state index >= 15 is 0 Å². The fourth-order valence-corrected chi connectivity index (χ4v) is 1.86. The Morgan fingerprint density at radius 3 is 2.44 bits per heavy atom. The maximum Gasteiger partial charge on any atom is 0.373 e. The standard InChI is InChI=1S/C12H6BrClO4/c13-10-8(15)5-9(18-11(10)12(16)17)6-1-3-7(14)4-2-6/h1-5H,(H,16,17). The van der Waals surface area contributed by atoms with Crippen LogP contribution in [0.25, 0.3) is 11.3 Å². The number of rotatable bonds is 2. The lowest BCUT2D eigenvalue weighted by molar-refractivity contribution is 0.0659. The zero-order valence-electron chi connectivity index (χ0n) is 8.81. The third-order valence-electron chi connectivity index (χ3n) is 2.21. The summed E-state index contributed by atoms with van der Waals surface area (Å²) in [5, 5.41) is 9.46. The summed E-state index contributed by atoms with van der Waals surface area (Å²) in [6.45, 7) is 0. The van der Waals surface area contributed by atoms with Crippen LogP contribution in [0.1, 0.15) is 10.6 Å². The summed E-state index contributed by atoms with van der Waals surface area (Å²) in [6, 6.07) is 7.75. The van der Waals surface area contributed by atoms with Gasteiger partial charge in [0.15, 0.2) is 0 Å². The zero-order chi connectivity index (χ0) is 13.3. The quantitative estimate of drug-likeness (QED) is 0.916. The number of carboxylic acids is 1. The van der Waals surface area contributed by atoms with Crippen molar-refractivity contribution in [2.75, 3.05) is 0 Å². The van der Waals surface area contributed by atoms with Crippen LogP contribution in [0.15, 0.2) is 44.0 Å². The van der Waals surface area contributed by atoms with Crippen LogP contribution in [0, 0.1) is 0 Å². The summed E-state index contributed by atoms with van der Waals surface area (Å²) in [5.41, 5.74) is 0.120. The van der Waals surface area contributed by atoms with Gasteiger partial charge in [-0.3, -0.25) is 4.79 Å². The summed E-state index contributed by atoms with van der Waals surface area (Å²) in [5.74, 6) is -1.56. The molecule has 0 bridgehead atoms. The molecule has 0 saturated heterocycles. The van der Waals surface area contributed by atoms with Crippen molar-refractivity contribution in [2.45, 2.75) is 0 Å². The molecule has 0 aliphatic carbocycles. The van der Waals surface area contributed by atoms with Gasteiger partial charge in [-0.15, -0.1) is 0 Å². The van der Waals surface area contributed by atoms with Gasteiger partial charge in [0, 0.05) is 16.7 Å². The van der Waals surface area contributed by atoms with Gasteiger partial charge in [0.05, 0.1) is 0 Å². The van der Waals surface area contributed by atoms with Crippen molar-refractivity contribution in [1.82, 2.24) is 0 Å². The third kappa shape index (κ3) is 2.47. The predicted octanol–water partition coefficient (Wildman–Crippen LogP) is 3.42. The van der Waals surface area contributed by atoms with E-state index in [-0.39, 0.29) is 10.2 Å². The van der Waals surface area contributed by atoms with E-state index in [1.54, 1.807) is 24.3 Å². The molecule has 2 rings (SSSR count). The smallest absolute Gasteiger partial charge is 0.373 e. The maximum absolute atomic E-state index is 11.6. The fraction of sp³-hybridized carbons (Fsp3) is 0. The van der Waals surface area contributed by atoms with E-state index in [9.17, 15) is 9.59 Å². The number of hydrogen-bond acceptors (Lipinski definition) is 3. The Labute approximate surface area is 115 Å². The number of carboxylic acid groups (broad SMARTS) is 1. The van der Waals surface area contributed by atoms with Gasteiger partial charge >= 0.3 is 5.97 Å². The van der Waals surface area contributed by atoms with Gasteiger partial charge in [-0.2, -0.15) is 0 Å². The number of carbonyl (C=O) groups is 1. The molecule has 1 N–H and O–H groups in total. The maximum atomic E-state index is 11.6. The van der Waals surface area contributed by atoms with E-state index in [1.165, 1.54) is 6.07 Å². The SMILES string of the molecule is O=C(O)c1oc(-c2ccc(Cl)cc2)cc(=O)c1Br. The molecule has 1 heterocycles. The molecule has 0 fully saturated rings. The topological polar surface area (TPSA) is 67.5 Å². The number of halogens is 2. The highest BCUT2D eigenvalue weighted by Gasteiger charge is 2.17. The summed E-state index contributed by atoms with van der Waals surface area (Å²) in [6.07, 6.45) is 0. The highest BCUT2D eigenvalue weighted by molar-refractivity contribution is 9.10. The predicted molar refractivity (Wildman–Crippen MR) is 70.1 cm³/mol. The molecule has 1 aromatic carbocycles. The van der Waals surface area contributed by atoms with Gasteiger partial charge < -0.3 is 9.52 Å². The molecule has 0 saturated carbocycles. The normalized spacial score (nSPS) is 10.3. The average Bonchev–Trinajstić information content (AvgIpc) is 2.33. The van der Waals surface area contributed by atoms with Crippen LogP contribution in [0.2, 0.25) is 5.02 Å². The van der Waals surface area contributed by atoms with E-state index in [4.69, 9.17) is 21.1 Å². The summed E-state index contributed by atoms with van der Waals surface area (Å²) in [7, 11) is 0. The number of hydrogen-bond donors (Lipinski definition) is 1. The lowest BCUT2D eigenvalue weighted by Crippen LogP contribution is -2.09. The highest BCUT2D eigenvalue weighted by atomic mass is 79.9. The van der Waals surface area contributed by atoms with Crippen molar-refractivity contribution in [1.29, 1.82) is 0 Å². The molecule has 4 nitrogen and oxygen atoms in total. The van der Waals surface area contributed by atoms with Gasteiger partial charge in [0.1, 0.15) is 10.2 Å². The first-order valence-corrected chi connectivity index (χ1v) is 5.99. The van der Waals surface area contributed by atoms with Gasteiger partial charge in [-0.1, -0.05) is 11.6 Å². The number of aromatic carboxylic acids is 1. The molecule has 0 amide bonds. The van der Waals surface area contributed by atoms with Crippen molar-refractivity contribution in [3.8, 4) is 11.3 Å². The summed E-state index contributed by atoms with van der Waals surface area (Å²) >= 11 is 8.63. The van der Waals surface area contributed by atoms with Crippen molar-refractivity contribution in [3.63, 3.8) is 0 Å². The fourth-order valence-electron chi connectivity index (χ4n) is 1.37. The van der Waals surface area contributed by atoms with Crippen molar-refractivity contribution < 1.29 is 14.3 Å². The Hall–Kier alpha value is -1.59. The molecule has 1 aromatic heterocycles. The van der Waals surface area contributed by atoms with Gasteiger partial charge in [-0.05, 0) is 40.2 Å². The van der Waals surface area contributed by atoms with Crippen molar-refractivity contribution in [3.05, 3.63) is 55.8 Å². The molecular weight excluding hydrogens is 323 g/mol. The molecule has 0 atom stereocenters. The van der Waals surface area contributed by atoms with Crippen molar-refractivity contribution >= 4 is 33.5 Å². The van der Waals surface area contributed by atoms with E-state index in [2.05, 4.69) is 15.9 Å². The Bertz CT molecular complexity index is 661. The molecular formula is C12H6BrClO4. The molecule has 0 aliphatic rings. The van der Waals surface area contributed by atoms with E-state index in [0.29, 0.717) is 10.6 Å². The van der Waals surface area contributed by atoms with Crippen LogP contribution in [-0.2, 0) is 0 Å². The minimum Gasteiger partial charge on any atom is -0.475 e. The zero-order valence-corrected chi connectivity index (χ0v) is 11.2. The van der Waals surface area contributed by atoms with Crippen molar-refractivity contribution in [2.24, 2.45) is 0 Å². The highest BCUT2D eigenvalue weighted by Crippen LogP contribution is 2.24. The van der Waals surface area contributed by atoms with E-state index in [1.807, 2.05) is 0 Å². The summed E-state index contributed by atoms with van der Waals surface area (Å²) in [4.78, 5) is 22.5. The van der Waals surface area contributed by atoms with Crippen LogP contribution >= 0.6 is 27.5 Å². The monoisotopic (exact) mass is 328 g/mol. The Morgan fingerprint density at radius 2 is 1.89 bits per heavy atom. The molecule has 18 heavy (non-hydrogen) atoms. The average molecular weight is 330 g/mol. The molecule has 0 radical (unpaired) electrons. The first kappa shape index (κ1) is 12.9. The molecule has 2 aromatic rings. The lowest BCUT2D eigenvalue weighted by atomic mass is 10.1. The Kier molecular flexibility index (Phi) is 3.54. The second-order valence-corrected chi connectivity index (χ2v) is 4.66. The first-order chi connectivity index (χ1) is 8.49. The van der Waals surface area contributed by atoms with E-state index in [0.717, 1.165) is 0 Å². The minimum atomic E-state index is -1.31. The molecule has 0 spiro atoms. The van der Waals surface area contributed by atoms with Crippen LogP contribution in [0.5, 0.6) is 0 Å². The van der Waals surface area contributed by atoms with Crippen LogP contribution in [0.3, 0.4) is 0 Å². The van der Waals surface area contributed by atoms with Crippen LogP contribution in [-0.4, -0.2) is 11.1 Å².